The van der Waals surface area contributed by atoms with Gasteiger partial charge in [-0.1, -0.05) is 23.2 Å². The van der Waals surface area contributed by atoms with Gasteiger partial charge in [0.15, 0.2) is 4.33 Å². The van der Waals surface area contributed by atoms with Crippen LogP contribution in [0.1, 0.15) is 0 Å². The van der Waals surface area contributed by atoms with Crippen LogP contribution < -0.4 is 0 Å². The average Bonchev–Trinajstić information content (AvgIpc) is 2.09. The molecule has 0 aliphatic heterocycles. The van der Waals surface area contributed by atoms with Crippen LogP contribution in [0.15, 0.2) is 24.0 Å². The second-order valence-electron chi connectivity index (χ2n) is 2.57. The van der Waals surface area contributed by atoms with Crippen LogP contribution in [0.4, 0.5) is 0 Å². The van der Waals surface area contributed by atoms with Crippen molar-refractivity contribution in [3.8, 4) is 12.3 Å². The minimum atomic E-state index is -1.80. The average molecular weight is 231 g/mol. The van der Waals surface area contributed by atoms with Crippen LogP contribution in [0.3, 0.4) is 0 Å². The number of aliphatic hydroxyl groups is 1. The monoisotopic (exact) mass is 230 g/mol. The van der Waals surface area contributed by atoms with Crippen LogP contribution in [0, 0.1) is 22.8 Å². The van der Waals surface area contributed by atoms with Crippen molar-refractivity contribution >= 4 is 23.2 Å². The highest BCUT2D eigenvalue weighted by Crippen LogP contribution is 2.42. The van der Waals surface area contributed by atoms with Gasteiger partial charge >= 0.3 is 0 Å². The molecule has 0 spiro atoms. The minimum Gasteiger partial charge on any atom is -0.508 e. The van der Waals surface area contributed by atoms with Gasteiger partial charge in [-0.05, 0) is 18.2 Å². The Balaban J connectivity index is 3.20. The van der Waals surface area contributed by atoms with Gasteiger partial charge in [0.25, 0.3) is 11.9 Å². The first-order valence-corrected chi connectivity index (χ1v) is 4.20. The molecule has 4 nitrogen and oxygen atoms in total. The largest absolute Gasteiger partial charge is 0.508 e. The topological polar surface area (TPSA) is 77.0 Å². The Morgan fingerprint density at radius 2 is 2.07 bits per heavy atom. The van der Waals surface area contributed by atoms with Gasteiger partial charge in [-0.15, -0.1) is 0 Å². The lowest BCUT2D eigenvalue weighted by atomic mass is 9.95. The van der Waals surface area contributed by atoms with Crippen molar-refractivity contribution in [2.24, 2.45) is 0 Å². The summed E-state index contributed by atoms with van der Waals surface area (Å²) in [6, 6.07) is 1.68. The van der Waals surface area contributed by atoms with Crippen LogP contribution in [0.5, 0.6) is 0 Å². The normalized spacial score (nSPS) is 28.4. The maximum atomic E-state index is 9.10. The molecule has 0 saturated carbocycles. The van der Waals surface area contributed by atoms with E-state index in [0.29, 0.717) is 0 Å². The number of nitrogens with zero attached hydrogens (tertiary/aromatic N) is 2. The molecule has 1 rings (SSSR count). The zero-order valence-electron chi connectivity index (χ0n) is 6.74. The summed E-state index contributed by atoms with van der Waals surface area (Å²) >= 11 is 11.5. The Labute approximate surface area is 90.2 Å². The summed E-state index contributed by atoms with van der Waals surface area (Å²) in [4.78, 5) is 0. The third-order valence-corrected chi connectivity index (χ3v) is 2.47. The zero-order valence-corrected chi connectivity index (χ0v) is 8.25. The highest BCUT2D eigenvalue weighted by atomic mass is 35.5. The number of ether oxygens (including phenoxy) is 1. The molecule has 1 aliphatic rings. The van der Waals surface area contributed by atoms with E-state index in [9.17, 15) is 0 Å². The molecule has 0 fully saturated rings. The summed E-state index contributed by atoms with van der Waals surface area (Å²) in [5.41, 5.74) is -1.79. The van der Waals surface area contributed by atoms with E-state index in [4.69, 9.17) is 38.8 Å². The molecular weight excluding hydrogens is 227 g/mol. The third-order valence-electron chi connectivity index (χ3n) is 1.69. The molecule has 0 amide bonds. The molecule has 0 saturated heterocycles. The number of hydrogen-bond donors (Lipinski definition) is 1. The van der Waals surface area contributed by atoms with Crippen molar-refractivity contribution in [1.82, 2.24) is 0 Å². The van der Waals surface area contributed by atoms with E-state index < -0.39 is 9.93 Å². The second-order valence-corrected chi connectivity index (χ2v) is 3.95. The molecule has 0 heterocycles. The molecule has 0 aromatic carbocycles. The summed E-state index contributed by atoms with van der Waals surface area (Å²) in [6.07, 6.45) is 4.69. The molecule has 1 N–H and O–H groups in total. The highest BCUT2D eigenvalue weighted by Gasteiger charge is 2.52. The van der Waals surface area contributed by atoms with Gasteiger partial charge < -0.3 is 9.84 Å². The number of nitriles is 2. The van der Waals surface area contributed by atoms with E-state index in [0.717, 1.165) is 12.2 Å². The van der Waals surface area contributed by atoms with Crippen molar-refractivity contribution in [1.29, 1.82) is 10.5 Å². The fourth-order valence-corrected chi connectivity index (χ4v) is 1.47. The number of halogens is 2. The Hall–Kier alpha value is -1.36. The van der Waals surface area contributed by atoms with Crippen LogP contribution >= 0.6 is 23.2 Å². The van der Waals surface area contributed by atoms with Crippen molar-refractivity contribution in [3.63, 3.8) is 0 Å². The second kappa shape index (κ2) is 3.42. The van der Waals surface area contributed by atoms with Gasteiger partial charge in [0.05, 0.1) is 0 Å². The first-order valence-electron chi connectivity index (χ1n) is 3.45. The van der Waals surface area contributed by atoms with E-state index in [2.05, 4.69) is 4.74 Å². The Morgan fingerprint density at radius 1 is 1.43 bits per heavy atom. The van der Waals surface area contributed by atoms with Crippen LogP contribution in [0.2, 0.25) is 0 Å². The molecule has 1 unspecified atom stereocenters. The Bertz CT molecular complexity index is 389. The molecule has 14 heavy (non-hydrogen) atoms. The van der Waals surface area contributed by atoms with Crippen LogP contribution in [-0.4, -0.2) is 15.0 Å². The van der Waals surface area contributed by atoms with Crippen molar-refractivity contribution < 1.29 is 9.84 Å². The highest BCUT2D eigenvalue weighted by molar-refractivity contribution is 6.51. The van der Waals surface area contributed by atoms with Crippen molar-refractivity contribution in [2.75, 3.05) is 0 Å². The van der Waals surface area contributed by atoms with Gasteiger partial charge in [-0.3, -0.25) is 0 Å². The third kappa shape index (κ3) is 1.50. The van der Waals surface area contributed by atoms with E-state index in [1.165, 1.54) is 12.3 Å². The summed E-state index contributed by atoms with van der Waals surface area (Å²) in [7, 11) is 0. The van der Waals surface area contributed by atoms with E-state index >= 15 is 0 Å². The Morgan fingerprint density at radius 3 is 2.50 bits per heavy atom. The standard InChI is InChI=1S/C8H4Cl2N2O2/c9-8(10)3-6(13)1-2-7(8,4-11)14-5-12/h1-3,13H. The smallest absolute Gasteiger partial charge is 0.288 e. The fourth-order valence-electron chi connectivity index (χ4n) is 0.964. The van der Waals surface area contributed by atoms with Crippen LogP contribution in [-0.2, 0) is 4.74 Å². The summed E-state index contributed by atoms with van der Waals surface area (Å²) in [6.45, 7) is 0. The van der Waals surface area contributed by atoms with Gasteiger partial charge in [-0.2, -0.15) is 10.5 Å². The molecule has 0 radical (unpaired) electrons. The van der Waals surface area contributed by atoms with Crippen molar-refractivity contribution in [2.45, 2.75) is 9.93 Å². The SMILES string of the molecule is N#COC1(C#N)C=CC(O)=CC1(Cl)Cl. The lowest BCUT2D eigenvalue weighted by molar-refractivity contribution is 0.129. The number of rotatable bonds is 1. The number of aliphatic hydroxyl groups excluding tert-OH is 1. The zero-order chi connectivity index (χ0) is 10.8. The van der Waals surface area contributed by atoms with Gasteiger partial charge in [0.1, 0.15) is 11.8 Å². The first-order chi connectivity index (χ1) is 6.47. The Kier molecular flexibility index (Phi) is 2.62. The maximum absolute atomic E-state index is 9.10. The maximum Gasteiger partial charge on any atom is 0.288 e. The molecule has 1 aliphatic carbocycles. The lowest BCUT2D eigenvalue weighted by Crippen LogP contribution is -2.45. The fraction of sp³-hybridized carbons (Fsp3) is 0.250. The molecule has 72 valence electrons. The van der Waals surface area contributed by atoms with E-state index in [1.54, 1.807) is 6.07 Å². The molecular formula is C8H4Cl2N2O2. The number of alkyl halides is 2. The van der Waals surface area contributed by atoms with Crippen LogP contribution in [0.25, 0.3) is 0 Å². The first kappa shape index (κ1) is 10.7. The minimum absolute atomic E-state index is 0.192. The molecule has 0 bridgehead atoms. The van der Waals surface area contributed by atoms with E-state index in [1.807, 2.05) is 0 Å². The van der Waals surface area contributed by atoms with Gasteiger partial charge in [0.2, 0.25) is 0 Å². The van der Waals surface area contributed by atoms with E-state index in [-0.39, 0.29) is 5.76 Å². The molecule has 0 aromatic rings. The predicted molar refractivity (Wildman–Crippen MR) is 49.3 cm³/mol. The quantitative estimate of drug-likeness (QED) is 0.552. The number of allylic oxidation sites excluding steroid dienone is 1. The molecule has 1 atom stereocenters. The molecule has 6 heteroatoms. The predicted octanol–water partition coefficient (Wildman–Crippen LogP) is 1.93. The van der Waals surface area contributed by atoms with Gasteiger partial charge in [-0.25, -0.2) is 0 Å². The summed E-state index contributed by atoms with van der Waals surface area (Å²) in [5.74, 6) is -0.192. The number of hydrogen-bond acceptors (Lipinski definition) is 4. The molecule has 0 aromatic heterocycles. The summed E-state index contributed by atoms with van der Waals surface area (Å²) in [5, 5.41) is 26.3. The van der Waals surface area contributed by atoms with Gasteiger partial charge in [0, 0.05) is 0 Å². The van der Waals surface area contributed by atoms with Crippen molar-refractivity contribution in [3.05, 3.63) is 24.0 Å². The summed E-state index contributed by atoms with van der Waals surface area (Å²) < 4.78 is 2.73. The lowest BCUT2D eigenvalue weighted by Gasteiger charge is -2.31.